The highest BCUT2D eigenvalue weighted by Crippen LogP contribution is 2.11. The van der Waals surface area contributed by atoms with Gasteiger partial charge in [0, 0.05) is 52.2 Å². The number of hydrogen-bond donors (Lipinski definition) is 0. The quantitative estimate of drug-likeness (QED) is 0.862. The molecule has 0 bridgehead atoms. The third-order valence-corrected chi connectivity index (χ3v) is 3.99. The Kier molecular flexibility index (Phi) is 4.06. The first kappa shape index (κ1) is 13.9. The zero-order valence-corrected chi connectivity index (χ0v) is 12.4. The van der Waals surface area contributed by atoms with Crippen LogP contribution >= 0.6 is 0 Å². The van der Waals surface area contributed by atoms with E-state index < -0.39 is 0 Å². The predicted molar refractivity (Wildman–Crippen MR) is 83.0 cm³/mol. The van der Waals surface area contributed by atoms with Crippen LogP contribution in [0.25, 0.3) is 0 Å². The van der Waals surface area contributed by atoms with Crippen molar-refractivity contribution in [3.8, 4) is 0 Å². The first-order chi connectivity index (χ1) is 10.2. The highest BCUT2D eigenvalue weighted by atomic mass is 16.2. The van der Waals surface area contributed by atoms with Crippen molar-refractivity contribution in [1.82, 2.24) is 14.4 Å². The van der Waals surface area contributed by atoms with Crippen LogP contribution in [0.5, 0.6) is 0 Å². The zero-order valence-electron chi connectivity index (χ0n) is 12.4. The highest BCUT2D eigenvalue weighted by Gasteiger charge is 2.22. The minimum atomic E-state index is 0.148. The fraction of sp³-hybridized carbons (Fsp3) is 0.353. The Morgan fingerprint density at radius 2 is 1.76 bits per heavy atom. The van der Waals surface area contributed by atoms with E-state index >= 15 is 0 Å². The molecule has 1 aromatic heterocycles. The van der Waals surface area contributed by atoms with Gasteiger partial charge < -0.3 is 9.47 Å². The average Bonchev–Trinajstić information content (AvgIpc) is 2.95. The minimum Gasteiger partial charge on any atom is -0.356 e. The number of amides is 1. The van der Waals surface area contributed by atoms with Gasteiger partial charge >= 0.3 is 0 Å². The highest BCUT2D eigenvalue weighted by molar-refractivity contribution is 5.94. The molecule has 3 rings (SSSR count). The molecule has 1 aliphatic rings. The summed E-state index contributed by atoms with van der Waals surface area (Å²) in [5.74, 6) is 0.148. The van der Waals surface area contributed by atoms with Crippen molar-refractivity contribution in [2.75, 3.05) is 26.2 Å². The topological polar surface area (TPSA) is 28.5 Å². The van der Waals surface area contributed by atoms with E-state index in [2.05, 4.69) is 29.2 Å². The maximum atomic E-state index is 12.4. The second-order valence-electron chi connectivity index (χ2n) is 5.62. The van der Waals surface area contributed by atoms with Gasteiger partial charge in [0.15, 0.2) is 0 Å². The van der Waals surface area contributed by atoms with Crippen LogP contribution in [0, 0.1) is 0 Å². The van der Waals surface area contributed by atoms with Crippen molar-refractivity contribution in [2.45, 2.75) is 6.54 Å². The second-order valence-corrected chi connectivity index (χ2v) is 5.62. The van der Waals surface area contributed by atoms with Crippen molar-refractivity contribution in [3.05, 3.63) is 59.9 Å². The van der Waals surface area contributed by atoms with E-state index in [1.54, 1.807) is 0 Å². The molecule has 4 heteroatoms. The SMILES string of the molecule is Cn1ccc(C(=O)N2CCN(Cc3ccccc3)CC2)c1. The molecule has 0 radical (unpaired) electrons. The summed E-state index contributed by atoms with van der Waals surface area (Å²) < 4.78 is 1.92. The number of carbonyl (C=O) groups excluding carboxylic acids is 1. The third kappa shape index (κ3) is 3.34. The number of aromatic nitrogens is 1. The zero-order chi connectivity index (χ0) is 14.7. The first-order valence-electron chi connectivity index (χ1n) is 7.40. The molecule has 4 nitrogen and oxygen atoms in total. The average molecular weight is 283 g/mol. The molecule has 0 saturated carbocycles. The number of rotatable bonds is 3. The predicted octanol–water partition coefficient (Wildman–Crippen LogP) is 1.98. The number of aryl methyl sites for hydroxylation is 1. The maximum absolute atomic E-state index is 12.4. The number of nitrogens with zero attached hydrogens (tertiary/aromatic N) is 3. The molecule has 2 heterocycles. The van der Waals surface area contributed by atoms with Crippen molar-refractivity contribution >= 4 is 5.91 Å². The fourth-order valence-corrected chi connectivity index (χ4v) is 2.76. The Labute approximate surface area is 125 Å². The molecule has 0 atom stereocenters. The largest absolute Gasteiger partial charge is 0.356 e. The van der Waals surface area contributed by atoms with Gasteiger partial charge in [0.05, 0.1) is 5.56 Å². The van der Waals surface area contributed by atoms with Crippen LogP contribution in [0.2, 0.25) is 0 Å². The van der Waals surface area contributed by atoms with Crippen molar-refractivity contribution in [2.24, 2.45) is 7.05 Å². The van der Waals surface area contributed by atoms with Crippen molar-refractivity contribution in [1.29, 1.82) is 0 Å². The van der Waals surface area contributed by atoms with Crippen LogP contribution in [0.1, 0.15) is 15.9 Å². The Morgan fingerprint density at radius 1 is 1.05 bits per heavy atom. The van der Waals surface area contributed by atoms with Crippen molar-refractivity contribution in [3.63, 3.8) is 0 Å². The van der Waals surface area contributed by atoms with Gasteiger partial charge in [0.2, 0.25) is 0 Å². The molecule has 1 aliphatic heterocycles. The molecule has 110 valence electrons. The van der Waals surface area contributed by atoms with Crippen LogP contribution in [0.4, 0.5) is 0 Å². The van der Waals surface area contributed by atoms with Crippen LogP contribution in [-0.4, -0.2) is 46.5 Å². The number of piperazine rings is 1. The van der Waals surface area contributed by atoms with Crippen LogP contribution in [0.3, 0.4) is 0 Å². The van der Waals surface area contributed by atoms with Crippen LogP contribution in [0.15, 0.2) is 48.8 Å². The Bertz CT molecular complexity index is 598. The Morgan fingerprint density at radius 3 is 2.38 bits per heavy atom. The first-order valence-corrected chi connectivity index (χ1v) is 7.40. The van der Waals surface area contributed by atoms with Gasteiger partial charge in [0.1, 0.15) is 0 Å². The molecular formula is C17H21N3O. The van der Waals surface area contributed by atoms with Gasteiger partial charge in [0.25, 0.3) is 5.91 Å². The molecule has 1 fully saturated rings. The lowest BCUT2D eigenvalue weighted by atomic mass is 10.2. The summed E-state index contributed by atoms with van der Waals surface area (Å²) >= 11 is 0. The van der Waals surface area contributed by atoms with Gasteiger partial charge in [-0.05, 0) is 11.6 Å². The number of carbonyl (C=O) groups is 1. The second kappa shape index (κ2) is 6.14. The van der Waals surface area contributed by atoms with E-state index in [1.165, 1.54) is 5.56 Å². The van der Waals surface area contributed by atoms with Gasteiger partial charge in [-0.1, -0.05) is 30.3 Å². The summed E-state index contributed by atoms with van der Waals surface area (Å²) in [5, 5.41) is 0. The summed E-state index contributed by atoms with van der Waals surface area (Å²) in [6, 6.07) is 12.4. The van der Waals surface area contributed by atoms with Gasteiger partial charge in [-0.15, -0.1) is 0 Å². The fourth-order valence-electron chi connectivity index (χ4n) is 2.76. The lowest BCUT2D eigenvalue weighted by molar-refractivity contribution is 0.0628. The number of hydrogen-bond acceptors (Lipinski definition) is 2. The van der Waals surface area contributed by atoms with Gasteiger partial charge in [-0.2, -0.15) is 0 Å². The number of benzene rings is 1. The van der Waals surface area contributed by atoms with E-state index in [0.717, 1.165) is 38.3 Å². The molecule has 1 saturated heterocycles. The minimum absolute atomic E-state index is 0.148. The molecule has 0 unspecified atom stereocenters. The smallest absolute Gasteiger partial charge is 0.255 e. The molecule has 0 N–H and O–H groups in total. The van der Waals surface area contributed by atoms with E-state index in [9.17, 15) is 4.79 Å². The van der Waals surface area contributed by atoms with Gasteiger partial charge in [-0.3, -0.25) is 9.69 Å². The third-order valence-electron chi connectivity index (χ3n) is 3.99. The normalized spacial score (nSPS) is 16.1. The summed E-state index contributed by atoms with van der Waals surface area (Å²) in [7, 11) is 1.94. The Balaban J connectivity index is 1.54. The molecular weight excluding hydrogens is 262 g/mol. The van der Waals surface area contributed by atoms with Crippen LogP contribution in [-0.2, 0) is 13.6 Å². The summed E-state index contributed by atoms with van der Waals surface area (Å²) in [6.45, 7) is 4.45. The standard InChI is InChI=1S/C17H21N3O/c1-18-8-7-16(14-18)17(21)20-11-9-19(10-12-20)13-15-5-3-2-4-6-15/h2-8,14H,9-13H2,1H3. The Hall–Kier alpha value is -2.07. The molecule has 1 aromatic carbocycles. The van der Waals surface area contributed by atoms with E-state index in [1.807, 2.05) is 41.0 Å². The van der Waals surface area contributed by atoms with E-state index in [4.69, 9.17) is 0 Å². The van der Waals surface area contributed by atoms with Crippen LogP contribution < -0.4 is 0 Å². The maximum Gasteiger partial charge on any atom is 0.255 e. The summed E-state index contributed by atoms with van der Waals surface area (Å²) in [6.07, 6.45) is 3.80. The molecule has 1 amide bonds. The molecule has 21 heavy (non-hydrogen) atoms. The summed E-state index contributed by atoms with van der Waals surface area (Å²) in [5.41, 5.74) is 2.12. The monoisotopic (exact) mass is 283 g/mol. The molecule has 0 aliphatic carbocycles. The van der Waals surface area contributed by atoms with Crippen molar-refractivity contribution < 1.29 is 4.79 Å². The lowest BCUT2D eigenvalue weighted by Gasteiger charge is -2.34. The molecule has 2 aromatic rings. The van der Waals surface area contributed by atoms with E-state index in [-0.39, 0.29) is 5.91 Å². The lowest BCUT2D eigenvalue weighted by Crippen LogP contribution is -2.48. The summed E-state index contributed by atoms with van der Waals surface area (Å²) in [4.78, 5) is 16.7. The van der Waals surface area contributed by atoms with Gasteiger partial charge in [-0.25, -0.2) is 0 Å². The van der Waals surface area contributed by atoms with E-state index in [0.29, 0.717) is 0 Å². The molecule has 0 spiro atoms.